The lowest BCUT2D eigenvalue weighted by Gasteiger charge is -2.20. The molecular weight excluding hydrogens is 243 g/mol. The highest BCUT2D eigenvalue weighted by molar-refractivity contribution is 7.51. The highest BCUT2D eigenvalue weighted by atomic mass is 31.2. The van der Waals surface area contributed by atoms with Gasteiger partial charge in [-0.25, -0.2) is 0 Å². The maximum atomic E-state index is 11.1. The van der Waals surface area contributed by atoms with E-state index in [-0.39, 0.29) is 0 Å². The van der Waals surface area contributed by atoms with E-state index in [1.165, 1.54) is 0 Å². The van der Waals surface area contributed by atoms with E-state index in [2.05, 4.69) is 0 Å². The molecular formula is C7H15O8P. The van der Waals surface area contributed by atoms with E-state index in [9.17, 15) is 9.36 Å². The lowest BCUT2D eigenvalue weighted by molar-refractivity contribution is -0.139. The van der Waals surface area contributed by atoms with Gasteiger partial charge in [0.25, 0.3) is 0 Å². The average molecular weight is 258 g/mol. The number of Topliss-reactive ketones (excluding diaryl/α,β-unsaturated/α-hetero) is 1. The van der Waals surface area contributed by atoms with Crippen molar-refractivity contribution in [3.63, 3.8) is 0 Å². The molecule has 0 aromatic rings. The first kappa shape index (κ1) is 15.7. The smallest absolute Gasteiger partial charge is 0.326 e. The summed E-state index contributed by atoms with van der Waals surface area (Å²) >= 11 is 0. The second-order valence-corrected chi connectivity index (χ2v) is 5.07. The summed E-state index contributed by atoms with van der Waals surface area (Å²) in [5.41, 5.74) is 0. The minimum atomic E-state index is -4.35. The second-order valence-electron chi connectivity index (χ2n) is 3.29. The molecule has 9 heteroatoms. The average Bonchev–Trinajstić information content (AvgIpc) is 2.21. The fourth-order valence-corrected chi connectivity index (χ4v) is 1.42. The number of rotatable bonds is 7. The quantitative estimate of drug-likeness (QED) is 0.267. The van der Waals surface area contributed by atoms with Crippen LogP contribution in [-0.4, -0.2) is 67.1 Å². The SMILES string of the molecule is O=C(CCP(=O)(O)O)[C@@H](O)[C@H](O)[C@@H](O)CO. The predicted molar refractivity (Wildman–Crippen MR) is 51.6 cm³/mol. The molecule has 0 aliphatic rings. The first-order valence-electron chi connectivity index (χ1n) is 4.41. The van der Waals surface area contributed by atoms with E-state index in [1.807, 2.05) is 0 Å². The van der Waals surface area contributed by atoms with Crippen molar-refractivity contribution in [2.45, 2.75) is 24.7 Å². The van der Waals surface area contributed by atoms with Crippen LogP contribution in [0.25, 0.3) is 0 Å². The maximum absolute atomic E-state index is 11.1. The lowest BCUT2D eigenvalue weighted by atomic mass is 10.0. The molecule has 0 fully saturated rings. The van der Waals surface area contributed by atoms with E-state index < -0.39 is 50.9 Å². The summed E-state index contributed by atoms with van der Waals surface area (Å²) in [6.07, 6.45) is -6.91. The molecule has 0 aliphatic carbocycles. The van der Waals surface area contributed by atoms with Crippen LogP contribution in [0.15, 0.2) is 0 Å². The van der Waals surface area contributed by atoms with Gasteiger partial charge in [0.05, 0.1) is 12.8 Å². The van der Waals surface area contributed by atoms with Crippen LogP contribution < -0.4 is 0 Å². The Kier molecular flexibility index (Phi) is 6.27. The molecule has 0 bridgehead atoms. The Bertz CT molecular complexity index is 274. The summed E-state index contributed by atoms with van der Waals surface area (Å²) in [6, 6.07) is 0. The van der Waals surface area contributed by atoms with Crippen LogP contribution in [0.4, 0.5) is 0 Å². The molecule has 0 aromatic heterocycles. The molecule has 0 spiro atoms. The first-order valence-corrected chi connectivity index (χ1v) is 6.21. The van der Waals surface area contributed by atoms with Crippen molar-refractivity contribution < 1.29 is 39.6 Å². The highest BCUT2D eigenvalue weighted by Crippen LogP contribution is 2.35. The van der Waals surface area contributed by atoms with Gasteiger partial charge in [0, 0.05) is 6.42 Å². The van der Waals surface area contributed by atoms with Gasteiger partial charge in [0.15, 0.2) is 5.78 Å². The van der Waals surface area contributed by atoms with Crippen molar-refractivity contribution in [1.82, 2.24) is 0 Å². The van der Waals surface area contributed by atoms with Crippen LogP contribution >= 0.6 is 7.60 Å². The van der Waals surface area contributed by atoms with Gasteiger partial charge in [0.2, 0.25) is 0 Å². The van der Waals surface area contributed by atoms with Crippen molar-refractivity contribution in [2.75, 3.05) is 12.8 Å². The van der Waals surface area contributed by atoms with Crippen LogP contribution in [0.2, 0.25) is 0 Å². The number of carbonyl (C=O) groups excluding carboxylic acids is 1. The summed E-state index contributed by atoms with van der Waals surface area (Å²) in [5.74, 6) is -1.01. The van der Waals surface area contributed by atoms with E-state index in [4.69, 9.17) is 30.2 Å². The minimum absolute atomic E-state index is 0.624. The summed E-state index contributed by atoms with van der Waals surface area (Å²) in [5, 5.41) is 35.6. The molecule has 0 amide bonds. The van der Waals surface area contributed by atoms with Gasteiger partial charge in [-0.3, -0.25) is 9.36 Å². The van der Waals surface area contributed by atoms with Crippen LogP contribution in [-0.2, 0) is 9.36 Å². The third kappa shape index (κ3) is 5.66. The second kappa shape index (κ2) is 6.41. The van der Waals surface area contributed by atoms with Gasteiger partial charge < -0.3 is 30.2 Å². The van der Waals surface area contributed by atoms with E-state index >= 15 is 0 Å². The fourth-order valence-electron chi connectivity index (χ4n) is 0.913. The fraction of sp³-hybridized carbons (Fsp3) is 0.857. The van der Waals surface area contributed by atoms with Crippen molar-refractivity contribution in [3.8, 4) is 0 Å². The van der Waals surface area contributed by atoms with Crippen molar-refractivity contribution in [2.24, 2.45) is 0 Å². The Hall–Kier alpha value is -0.340. The number of hydrogen-bond donors (Lipinski definition) is 6. The third-order valence-electron chi connectivity index (χ3n) is 1.88. The van der Waals surface area contributed by atoms with Crippen LogP contribution in [0, 0.1) is 0 Å². The van der Waals surface area contributed by atoms with Crippen LogP contribution in [0.5, 0.6) is 0 Å². The molecule has 8 nitrogen and oxygen atoms in total. The largest absolute Gasteiger partial charge is 0.394 e. The zero-order valence-electron chi connectivity index (χ0n) is 8.30. The zero-order valence-corrected chi connectivity index (χ0v) is 9.19. The van der Waals surface area contributed by atoms with E-state index in [1.54, 1.807) is 0 Å². The Morgan fingerprint density at radius 1 is 1.19 bits per heavy atom. The van der Waals surface area contributed by atoms with Gasteiger partial charge in [0.1, 0.15) is 18.3 Å². The van der Waals surface area contributed by atoms with Crippen LogP contribution in [0.3, 0.4) is 0 Å². The van der Waals surface area contributed by atoms with Crippen molar-refractivity contribution >= 4 is 13.4 Å². The topological polar surface area (TPSA) is 156 Å². The molecule has 96 valence electrons. The monoisotopic (exact) mass is 258 g/mol. The molecule has 3 atom stereocenters. The van der Waals surface area contributed by atoms with Gasteiger partial charge in [-0.05, 0) is 0 Å². The van der Waals surface area contributed by atoms with Crippen molar-refractivity contribution in [1.29, 1.82) is 0 Å². The molecule has 6 N–H and O–H groups in total. The summed E-state index contributed by atoms with van der Waals surface area (Å²) in [6.45, 7) is -0.843. The molecule has 0 rings (SSSR count). The molecule has 0 saturated heterocycles. The Morgan fingerprint density at radius 2 is 1.69 bits per heavy atom. The molecule has 0 aromatic carbocycles. The van der Waals surface area contributed by atoms with Gasteiger partial charge in [-0.2, -0.15) is 0 Å². The van der Waals surface area contributed by atoms with E-state index in [0.717, 1.165) is 0 Å². The Labute approximate surface area is 91.3 Å². The standard InChI is InChI=1S/C7H15O8P/c8-3-5(10)7(12)6(11)4(9)1-2-16(13,14)15/h5-8,10-12H,1-3H2,(H2,13,14,15)/t5-,6+,7+/m0/s1. The van der Waals surface area contributed by atoms with Crippen LogP contribution in [0.1, 0.15) is 6.42 Å². The van der Waals surface area contributed by atoms with E-state index in [0.29, 0.717) is 0 Å². The molecule has 0 radical (unpaired) electrons. The summed E-state index contributed by atoms with van der Waals surface area (Å²) < 4.78 is 10.4. The summed E-state index contributed by atoms with van der Waals surface area (Å²) in [7, 11) is -4.35. The molecule has 0 aliphatic heterocycles. The predicted octanol–water partition coefficient (Wildman–Crippen LogP) is -2.80. The lowest BCUT2D eigenvalue weighted by Crippen LogP contribution is -2.44. The molecule has 0 unspecified atom stereocenters. The Balaban J connectivity index is 4.23. The van der Waals surface area contributed by atoms with Gasteiger partial charge in [-0.1, -0.05) is 0 Å². The summed E-state index contributed by atoms with van der Waals surface area (Å²) in [4.78, 5) is 28.0. The Morgan fingerprint density at radius 3 is 2.06 bits per heavy atom. The molecule has 0 saturated carbocycles. The van der Waals surface area contributed by atoms with Gasteiger partial charge >= 0.3 is 7.60 Å². The zero-order chi connectivity index (χ0) is 12.9. The number of ketones is 1. The van der Waals surface area contributed by atoms with Gasteiger partial charge in [-0.15, -0.1) is 0 Å². The maximum Gasteiger partial charge on any atom is 0.326 e. The normalized spacial score (nSPS) is 17.9. The molecule has 16 heavy (non-hydrogen) atoms. The minimum Gasteiger partial charge on any atom is -0.394 e. The number of aliphatic hydroxyl groups is 4. The number of carbonyl (C=O) groups is 1. The highest BCUT2D eigenvalue weighted by Gasteiger charge is 2.30. The number of hydrogen-bond acceptors (Lipinski definition) is 6. The third-order valence-corrected chi connectivity index (χ3v) is 2.69. The van der Waals surface area contributed by atoms with Crippen molar-refractivity contribution in [3.05, 3.63) is 0 Å². The first-order chi connectivity index (χ1) is 7.19. The molecule has 0 heterocycles. The number of aliphatic hydroxyl groups excluding tert-OH is 4.